The summed E-state index contributed by atoms with van der Waals surface area (Å²) in [6, 6.07) is 3.43. The molecular formula is C19H20F2N6. The molecule has 8 heteroatoms. The Morgan fingerprint density at radius 2 is 2.19 bits per heavy atom. The number of rotatable bonds is 4. The van der Waals surface area contributed by atoms with E-state index in [1.165, 1.54) is 11.4 Å². The van der Waals surface area contributed by atoms with Crippen molar-refractivity contribution in [3.63, 3.8) is 0 Å². The van der Waals surface area contributed by atoms with Crippen molar-refractivity contribution in [1.82, 2.24) is 14.6 Å². The summed E-state index contributed by atoms with van der Waals surface area (Å²) in [5.74, 6) is -0.0614. The molecule has 2 aromatic heterocycles. The summed E-state index contributed by atoms with van der Waals surface area (Å²) >= 11 is 0. The minimum absolute atomic E-state index is 0.111. The first-order chi connectivity index (χ1) is 12.8. The van der Waals surface area contributed by atoms with Crippen LogP contribution in [0.25, 0.3) is 5.65 Å². The number of allylic oxidation sites excluding steroid dienone is 3. The van der Waals surface area contributed by atoms with Gasteiger partial charge in [0, 0.05) is 18.3 Å². The summed E-state index contributed by atoms with van der Waals surface area (Å²) in [6.07, 6.45) is 4.51. The van der Waals surface area contributed by atoms with Gasteiger partial charge in [0.05, 0.1) is 11.9 Å². The van der Waals surface area contributed by atoms with Crippen LogP contribution in [0.5, 0.6) is 0 Å². The first-order valence-electron chi connectivity index (χ1n) is 8.52. The summed E-state index contributed by atoms with van der Waals surface area (Å²) in [7, 11) is 0. The Morgan fingerprint density at radius 1 is 1.44 bits per heavy atom. The molecule has 3 heterocycles. The van der Waals surface area contributed by atoms with Crippen LogP contribution in [0, 0.1) is 17.2 Å². The highest BCUT2D eigenvalue weighted by Crippen LogP contribution is 2.34. The Balaban J connectivity index is 1.98. The number of nitriles is 1. The van der Waals surface area contributed by atoms with Gasteiger partial charge >= 0.3 is 0 Å². The summed E-state index contributed by atoms with van der Waals surface area (Å²) in [5.41, 5.74) is 6.57. The van der Waals surface area contributed by atoms with Crippen LogP contribution in [0.15, 0.2) is 48.2 Å². The van der Waals surface area contributed by atoms with E-state index in [2.05, 4.69) is 23.6 Å². The van der Waals surface area contributed by atoms with Gasteiger partial charge in [-0.25, -0.2) is 18.3 Å². The summed E-state index contributed by atoms with van der Waals surface area (Å²) in [4.78, 5) is 6.46. The SMILES string of the molecule is C=C(/C(F)=C\C=C(/C)F)[C@H]1C[C@H](C)CN1c1ccn2nc(N)c(C#N)c2n1. The lowest BCUT2D eigenvalue weighted by Gasteiger charge is -2.26. The van der Waals surface area contributed by atoms with Gasteiger partial charge in [0.25, 0.3) is 0 Å². The second-order valence-corrected chi connectivity index (χ2v) is 6.73. The lowest BCUT2D eigenvalue weighted by atomic mass is 10.0. The van der Waals surface area contributed by atoms with E-state index < -0.39 is 11.7 Å². The van der Waals surface area contributed by atoms with Crippen molar-refractivity contribution in [2.45, 2.75) is 26.3 Å². The molecule has 0 amide bonds. The second-order valence-electron chi connectivity index (χ2n) is 6.73. The van der Waals surface area contributed by atoms with E-state index >= 15 is 0 Å². The average Bonchev–Trinajstić information content (AvgIpc) is 3.17. The Labute approximate surface area is 155 Å². The molecule has 1 aliphatic rings. The topological polar surface area (TPSA) is 83.2 Å². The van der Waals surface area contributed by atoms with Crippen LogP contribution in [-0.2, 0) is 0 Å². The quantitative estimate of drug-likeness (QED) is 0.830. The fraction of sp³-hybridized carbons (Fsp3) is 0.316. The highest BCUT2D eigenvalue weighted by atomic mass is 19.1. The highest BCUT2D eigenvalue weighted by Gasteiger charge is 2.34. The molecule has 0 aromatic carbocycles. The number of aromatic nitrogens is 3. The number of nitrogens with zero attached hydrogens (tertiary/aromatic N) is 5. The van der Waals surface area contributed by atoms with Crippen molar-refractivity contribution in [1.29, 1.82) is 5.26 Å². The molecule has 0 unspecified atom stereocenters. The monoisotopic (exact) mass is 370 g/mol. The number of nitrogen functional groups attached to an aromatic ring is 1. The maximum absolute atomic E-state index is 14.4. The number of anilines is 2. The Hall–Kier alpha value is -3.21. The first kappa shape index (κ1) is 18.6. The van der Waals surface area contributed by atoms with Crippen molar-refractivity contribution in [3.05, 3.63) is 53.8 Å². The molecule has 2 N–H and O–H groups in total. The molecule has 1 fully saturated rings. The van der Waals surface area contributed by atoms with E-state index in [0.717, 1.165) is 12.2 Å². The number of halogens is 2. The zero-order chi connectivity index (χ0) is 19.7. The Kier molecular flexibility index (Phi) is 4.95. The molecule has 6 nitrogen and oxygen atoms in total. The van der Waals surface area contributed by atoms with Crippen molar-refractivity contribution in [2.75, 3.05) is 17.2 Å². The molecule has 2 atom stereocenters. The molecule has 3 rings (SSSR count). The number of fused-ring (bicyclic) bond motifs is 1. The third-order valence-corrected chi connectivity index (χ3v) is 4.58. The number of hydrogen-bond acceptors (Lipinski definition) is 5. The normalized spacial score (nSPS) is 20.9. The van der Waals surface area contributed by atoms with E-state index in [-0.39, 0.29) is 23.0 Å². The molecule has 0 saturated carbocycles. The molecule has 0 bridgehead atoms. The molecule has 2 aromatic rings. The lowest BCUT2D eigenvalue weighted by Crippen LogP contribution is -2.31. The van der Waals surface area contributed by atoms with Crippen LogP contribution in [-0.4, -0.2) is 27.2 Å². The summed E-state index contributed by atoms with van der Waals surface area (Å²) in [6.45, 7) is 7.84. The number of hydrogen-bond donors (Lipinski definition) is 1. The highest BCUT2D eigenvalue weighted by molar-refractivity contribution is 5.67. The maximum atomic E-state index is 14.4. The van der Waals surface area contributed by atoms with Gasteiger partial charge in [0.2, 0.25) is 0 Å². The van der Waals surface area contributed by atoms with Gasteiger partial charge in [0.15, 0.2) is 11.5 Å². The minimum atomic E-state index is -0.566. The van der Waals surface area contributed by atoms with E-state index in [4.69, 9.17) is 5.73 Å². The molecule has 1 aliphatic heterocycles. The van der Waals surface area contributed by atoms with E-state index in [0.29, 0.717) is 30.3 Å². The van der Waals surface area contributed by atoms with E-state index in [9.17, 15) is 14.0 Å². The van der Waals surface area contributed by atoms with Crippen molar-refractivity contribution in [2.24, 2.45) is 5.92 Å². The molecule has 1 saturated heterocycles. The largest absolute Gasteiger partial charge is 0.381 e. The minimum Gasteiger partial charge on any atom is -0.381 e. The fourth-order valence-electron chi connectivity index (χ4n) is 3.29. The van der Waals surface area contributed by atoms with Crippen LogP contribution in [0.1, 0.15) is 25.8 Å². The fourth-order valence-corrected chi connectivity index (χ4v) is 3.29. The first-order valence-corrected chi connectivity index (χ1v) is 8.52. The third kappa shape index (κ3) is 3.53. The van der Waals surface area contributed by atoms with E-state index in [1.54, 1.807) is 12.3 Å². The zero-order valence-corrected chi connectivity index (χ0v) is 15.2. The van der Waals surface area contributed by atoms with Gasteiger partial charge in [-0.15, -0.1) is 5.10 Å². The molecule has 27 heavy (non-hydrogen) atoms. The zero-order valence-electron chi connectivity index (χ0n) is 15.2. The van der Waals surface area contributed by atoms with Crippen molar-refractivity contribution in [3.8, 4) is 6.07 Å². The maximum Gasteiger partial charge on any atom is 0.177 e. The van der Waals surface area contributed by atoms with Gasteiger partial charge in [-0.1, -0.05) is 13.5 Å². The van der Waals surface area contributed by atoms with Gasteiger partial charge in [-0.2, -0.15) is 5.26 Å². The molecular weight excluding hydrogens is 350 g/mol. The van der Waals surface area contributed by atoms with Crippen LogP contribution >= 0.6 is 0 Å². The Morgan fingerprint density at radius 3 is 2.85 bits per heavy atom. The van der Waals surface area contributed by atoms with E-state index in [1.807, 2.05) is 11.0 Å². The average molecular weight is 370 g/mol. The molecule has 0 aliphatic carbocycles. The van der Waals surface area contributed by atoms with Gasteiger partial charge in [-0.05, 0) is 37.5 Å². The van der Waals surface area contributed by atoms with Crippen molar-refractivity contribution < 1.29 is 8.78 Å². The lowest BCUT2D eigenvalue weighted by molar-refractivity contribution is 0.593. The van der Waals surface area contributed by atoms with Gasteiger partial charge in [-0.3, -0.25) is 0 Å². The van der Waals surface area contributed by atoms with Gasteiger partial charge < -0.3 is 10.6 Å². The van der Waals surface area contributed by atoms with Crippen LogP contribution in [0.3, 0.4) is 0 Å². The predicted molar refractivity (Wildman–Crippen MR) is 100 cm³/mol. The molecule has 140 valence electrons. The van der Waals surface area contributed by atoms with Crippen LogP contribution < -0.4 is 10.6 Å². The van der Waals surface area contributed by atoms with Crippen molar-refractivity contribution >= 4 is 17.3 Å². The summed E-state index contributed by atoms with van der Waals surface area (Å²) < 4.78 is 28.8. The third-order valence-electron chi connectivity index (χ3n) is 4.58. The summed E-state index contributed by atoms with van der Waals surface area (Å²) in [5, 5.41) is 13.3. The molecule has 0 spiro atoms. The number of nitrogens with two attached hydrogens (primary N) is 1. The second kappa shape index (κ2) is 7.19. The standard InChI is InChI=1S/C19H20F2N6/c1-11-8-16(13(3)15(21)5-4-12(2)20)26(10-11)17-6-7-27-19(24-17)14(9-22)18(23)25-27/h4-7,11,16H,3,8,10H2,1-2H3,(H2,23,25)/b12-4+,15-5+/t11-,16+/m0/s1. The van der Waals surface area contributed by atoms with Gasteiger partial charge in [0.1, 0.15) is 23.3 Å². The molecule has 0 radical (unpaired) electrons. The van der Waals surface area contributed by atoms with Crippen LogP contribution in [0.2, 0.25) is 0 Å². The Bertz CT molecular complexity index is 994. The smallest absolute Gasteiger partial charge is 0.177 e. The van der Waals surface area contributed by atoms with Crippen LogP contribution in [0.4, 0.5) is 20.4 Å². The predicted octanol–water partition coefficient (Wildman–Crippen LogP) is 3.68.